The Morgan fingerprint density at radius 2 is 1.85 bits per heavy atom. The molecule has 0 spiro atoms. The third-order valence-electron chi connectivity index (χ3n) is 3.81. The van der Waals surface area contributed by atoms with E-state index in [0.717, 1.165) is 0 Å². The van der Waals surface area contributed by atoms with Crippen LogP contribution in [0.1, 0.15) is 37.6 Å². The second-order valence-electron chi connectivity index (χ2n) is 5.84. The molecule has 2 aromatic rings. The zero-order chi connectivity index (χ0) is 19.2. The first-order valence-electron chi connectivity index (χ1n) is 8.53. The number of sulfonamides is 1. The molecule has 6 nitrogen and oxygen atoms in total. The summed E-state index contributed by atoms with van der Waals surface area (Å²) in [5.41, 5.74) is 0.786. The van der Waals surface area contributed by atoms with Crippen LogP contribution in [-0.2, 0) is 10.0 Å². The topological polar surface area (TPSA) is 84.5 Å². The van der Waals surface area contributed by atoms with Crippen molar-refractivity contribution in [1.29, 1.82) is 0 Å². The van der Waals surface area contributed by atoms with E-state index in [0.29, 0.717) is 24.5 Å². The SMILES string of the molecule is CCOc1ccccc1NC(=O)c1cccc(S(=O)(=O)NC(C)CC)c1. The summed E-state index contributed by atoms with van der Waals surface area (Å²) in [7, 11) is -3.67. The summed E-state index contributed by atoms with van der Waals surface area (Å²) in [6.45, 7) is 6.02. The molecule has 0 aromatic heterocycles. The largest absolute Gasteiger partial charge is 0.492 e. The molecule has 1 unspecified atom stereocenters. The fourth-order valence-electron chi connectivity index (χ4n) is 2.27. The van der Waals surface area contributed by atoms with Gasteiger partial charge in [-0.2, -0.15) is 0 Å². The molecule has 0 heterocycles. The Balaban J connectivity index is 2.24. The van der Waals surface area contributed by atoms with Gasteiger partial charge in [-0.25, -0.2) is 13.1 Å². The van der Waals surface area contributed by atoms with Crippen LogP contribution in [0.15, 0.2) is 53.4 Å². The zero-order valence-electron chi connectivity index (χ0n) is 15.2. The van der Waals surface area contributed by atoms with Crippen molar-refractivity contribution in [1.82, 2.24) is 4.72 Å². The van der Waals surface area contributed by atoms with Crippen LogP contribution in [0.5, 0.6) is 5.75 Å². The van der Waals surface area contributed by atoms with Gasteiger partial charge in [-0.3, -0.25) is 4.79 Å². The number of para-hydroxylation sites is 2. The first-order chi connectivity index (χ1) is 12.4. The van der Waals surface area contributed by atoms with Crippen LogP contribution in [0.2, 0.25) is 0 Å². The van der Waals surface area contributed by atoms with Crippen molar-refractivity contribution in [3.8, 4) is 5.75 Å². The highest BCUT2D eigenvalue weighted by atomic mass is 32.2. The number of hydrogen-bond acceptors (Lipinski definition) is 4. The van der Waals surface area contributed by atoms with Crippen molar-refractivity contribution in [3.63, 3.8) is 0 Å². The minimum atomic E-state index is -3.67. The molecule has 0 radical (unpaired) electrons. The molecule has 0 aliphatic rings. The van der Waals surface area contributed by atoms with Crippen LogP contribution >= 0.6 is 0 Å². The quantitative estimate of drug-likeness (QED) is 0.739. The summed E-state index contributed by atoms with van der Waals surface area (Å²) in [5, 5.41) is 2.76. The number of benzene rings is 2. The van der Waals surface area contributed by atoms with Crippen LogP contribution in [0, 0.1) is 0 Å². The molecule has 1 amide bonds. The molecular formula is C19H24N2O4S. The van der Waals surface area contributed by atoms with E-state index in [1.165, 1.54) is 12.1 Å². The van der Waals surface area contributed by atoms with Gasteiger partial charge in [0.05, 0.1) is 17.2 Å². The van der Waals surface area contributed by atoms with Crippen molar-refractivity contribution in [3.05, 3.63) is 54.1 Å². The van der Waals surface area contributed by atoms with E-state index >= 15 is 0 Å². The molecule has 0 aliphatic heterocycles. The summed E-state index contributed by atoms with van der Waals surface area (Å²) in [4.78, 5) is 12.6. The maximum atomic E-state index is 12.5. The third kappa shape index (κ3) is 5.06. The first kappa shape index (κ1) is 19.9. The van der Waals surface area contributed by atoms with Gasteiger partial charge in [-0.15, -0.1) is 0 Å². The van der Waals surface area contributed by atoms with Gasteiger partial charge in [0, 0.05) is 11.6 Å². The summed E-state index contributed by atoms with van der Waals surface area (Å²) < 4.78 is 32.9. The standard InChI is InChI=1S/C19H24N2O4S/c1-4-14(3)21-26(23,24)16-10-8-9-15(13-16)19(22)20-17-11-6-7-12-18(17)25-5-2/h6-14,21H,4-5H2,1-3H3,(H,20,22). The first-order valence-corrected chi connectivity index (χ1v) is 10.0. The molecule has 0 aliphatic carbocycles. The predicted molar refractivity (Wildman–Crippen MR) is 102 cm³/mol. The van der Waals surface area contributed by atoms with Crippen molar-refractivity contribution >= 4 is 21.6 Å². The molecule has 7 heteroatoms. The molecule has 0 fully saturated rings. The van der Waals surface area contributed by atoms with E-state index in [1.54, 1.807) is 37.3 Å². The second kappa shape index (κ2) is 8.82. The molecule has 140 valence electrons. The van der Waals surface area contributed by atoms with Gasteiger partial charge in [-0.05, 0) is 50.6 Å². The van der Waals surface area contributed by atoms with E-state index in [1.807, 2.05) is 19.9 Å². The maximum absolute atomic E-state index is 12.5. The lowest BCUT2D eigenvalue weighted by atomic mass is 10.2. The number of amides is 1. The minimum Gasteiger partial charge on any atom is -0.492 e. The number of rotatable bonds is 8. The summed E-state index contributed by atoms with van der Waals surface area (Å²) in [5.74, 6) is 0.156. The molecule has 1 atom stereocenters. The molecule has 0 saturated heterocycles. The van der Waals surface area contributed by atoms with Gasteiger partial charge in [-0.1, -0.05) is 25.1 Å². The summed E-state index contributed by atoms with van der Waals surface area (Å²) >= 11 is 0. The molecule has 2 rings (SSSR count). The van der Waals surface area contributed by atoms with Gasteiger partial charge in [0.25, 0.3) is 5.91 Å². The molecule has 2 aromatic carbocycles. The van der Waals surface area contributed by atoms with Gasteiger partial charge in [0.2, 0.25) is 10.0 Å². The number of carbonyl (C=O) groups is 1. The van der Waals surface area contributed by atoms with Crippen LogP contribution < -0.4 is 14.8 Å². The summed E-state index contributed by atoms with van der Waals surface area (Å²) in [6, 6.07) is 12.9. The number of carbonyl (C=O) groups excluding carboxylic acids is 1. The zero-order valence-corrected chi connectivity index (χ0v) is 16.0. The third-order valence-corrected chi connectivity index (χ3v) is 5.40. The fourth-order valence-corrected chi connectivity index (χ4v) is 3.64. The van der Waals surface area contributed by atoms with E-state index < -0.39 is 15.9 Å². The predicted octanol–water partition coefficient (Wildman–Crippen LogP) is 3.41. The lowest BCUT2D eigenvalue weighted by Crippen LogP contribution is -2.32. The summed E-state index contributed by atoms with van der Waals surface area (Å²) in [6.07, 6.45) is 0.674. The Hall–Kier alpha value is -2.38. The van der Waals surface area contributed by atoms with Crippen LogP contribution in [0.3, 0.4) is 0 Å². The van der Waals surface area contributed by atoms with Gasteiger partial charge in [0.1, 0.15) is 5.75 Å². The van der Waals surface area contributed by atoms with E-state index in [-0.39, 0.29) is 16.5 Å². The fraction of sp³-hybridized carbons (Fsp3) is 0.316. The Bertz CT molecular complexity index is 865. The van der Waals surface area contributed by atoms with E-state index in [2.05, 4.69) is 10.0 Å². The molecule has 0 saturated carbocycles. The van der Waals surface area contributed by atoms with Gasteiger partial charge < -0.3 is 10.1 Å². The average molecular weight is 376 g/mol. The highest BCUT2D eigenvalue weighted by molar-refractivity contribution is 7.89. The number of hydrogen-bond donors (Lipinski definition) is 2. The van der Waals surface area contributed by atoms with E-state index in [9.17, 15) is 13.2 Å². The van der Waals surface area contributed by atoms with Gasteiger partial charge >= 0.3 is 0 Å². The van der Waals surface area contributed by atoms with Gasteiger partial charge in [0.15, 0.2) is 0 Å². The highest BCUT2D eigenvalue weighted by Crippen LogP contribution is 2.24. The Morgan fingerprint density at radius 3 is 2.54 bits per heavy atom. The molecular weight excluding hydrogens is 352 g/mol. The van der Waals surface area contributed by atoms with Crippen molar-refractivity contribution in [2.45, 2.75) is 38.1 Å². The number of nitrogens with one attached hydrogen (secondary N) is 2. The number of ether oxygens (including phenoxy) is 1. The number of anilines is 1. The maximum Gasteiger partial charge on any atom is 0.255 e. The monoisotopic (exact) mass is 376 g/mol. The Kier molecular flexibility index (Phi) is 6.76. The smallest absolute Gasteiger partial charge is 0.255 e. The van der Waals surface area contributed by atoms with Crippen LogP contribution in [-0.4, -0.2) is 27.0 Å². The minimum absolute atomic E-state index is 0.0588. The molecule has 26 heavy (non-hydrogen) atoms. The normalized spacial score (nSPS) is 12.4. The lowest BCUT2D eigenvalue weighted by Gasteiger charge is -2.13. The van der Waals surface area contributed by atoms with E-state index in [4.69, 9.17) is 4.74 Å². The van der Waals surface area contributed by atoms with Crippen molar-refractivity contribution in [2.75, 3.05) is 11.9 Å². The molecule has 2 N–H and O–H groups in total. The van der Waals surface area contributed by atoms with Crippen LogP contribution in [0.25, 0.3) is 0 Å². The van der Waals surface area contributed by atoms with Crippen molar-refractivity contribution < 1.29 is 17.9 Å². The average Bonchev–Trinajstić information content (AvgIpc) is 2.63. The Morgan fingerprint density at radius 1 is 1.12 bits per heavy atom. The van der Waals surface area contributed by atoms with Crippen molar-refractivity contribution in [2.24, 2.45) is 0 Å². The van der Waals surface area contributed by atoms with Crippen LogP contribution in [0.4, 0.5) is 5.69 Å². The highest BCUT2D eigenvalue weighted by Gasteiger charge is 2.18. The second-order valence-corrected chi connectivity index (χ2v) is 7.56. The lowest BCUT2D eigenvalue weighted by molar-refractivity contribution is 0.102. The Labute approximate surface area is 154 Å². The molecule has 0 bridgehead atoms.